The summed E-state index contributed by atoms with van der Waals surface area (Å²) in [4.78, 5) is 15.5. The van der Waals surface area contributed by atoms with Gasteiger partial charge in [-0.3, -0.25) is 0 Å². The normalized spacial score (nSPS) is 15.0. The minimum Gasteiger partial charge on any atom is -0.423 e. The molecule has 0 saturated carbocycles. The van der Waals surface area contributed by atoms with Crippen LogP contribution in [0.25, 0.3) is 10.9 Å². The lowest BCUT2D eigenvalue weighted by Gasteiger charge is -2.32. The maximum absolute atomic E-state index is 9.32. The maximum Gasteiger partial charge on any atom is 0.488 e. The number of benzene rings is 1. The van der Waals surface area contributed by atoms with Crippen LogP contribution >= 0.6 is 0 Å². The van der Waals surface area contributed by atoms with Gasteiger partial charge in [-0.1, -0.05) is 12.1 Å². The van der Waals surface area contributed by atoms with E-state index in [2.05, 4.69) is 25.2 Å². The number of aliphatic hydroxyl groups excluding tert-OH is 1. The highest BCUT2D eigenvalue weighted by Crippen LogP contribution is 2.23. The topological polar surface area (TPSA) is 115 Å². The minimum absolute atomic E-state index is 0.259. The predicted molar refractivity (Wildman–Crippen MR) is 109 cm³/mol. The van der Waals surface area contributed by atoms with E-state index in [0.717, 1.165) is 42.8 Å². The van der Waals surface area contributed by atoms with Crippen molar-refractivity contribution < 1.29 is 15.2 Å². The van der Waals surface area contributed by atoms with E-state index in [9.17, 15) is 15.2 Å². The molecule has 0 aliphatic carbocycles. The summed E-state index contributed by atoms with van der Waals surface area (Å²) in [6.45, 7) is 2.06. The quantitative estimate of drug-likeness (QED) is 0.478. The van der Waals surface area contributed by atoms with Crippen LogP contribution in [0.2, 0.25) is 0 Å². The number of nitrogens with one attached hydrogen (secondary N) is 1. The van der Waals surface area contributed by atoms with Gasteiger partial charge in [-0.15, -0.1) is 0 Å². The summed E-state index contributed by atoms with van der Waals surface area (Å²) in [5.74, 6) is 1.73. The summed E-state index contributed by atoms with van der Waals surface area (Å²) in [5, 5.41) is 31.8. The Morgan fingerprint density at radius 2 is 1.89 bits per heavy atom. The van der Waals surface area contributed by atoms with E-state index in [-0.39, 0.29) is 6.61 Å². The molecular weight excluding hydrogens is 357 g/mol. The Bertz CT molecular complexity index is 946. The molecule has 3 aromatic rings. The van der Waals surface area contributed by atoms with Crippen molar-refractivity contribution in [1.29, 1.82) is 0 Å². The van der Waals surface area contributed by atoms with Crippen molar-refractivity contribution in [2.75, 3.05) is 29.9 Å². The highest BCUT2D eigenvalue weighted by Gasteiger charge is 2.19. The van der Waals surface area contributed by atoms with E-state index < -0.39 is 7.12 Å². The number of hydrogen-bond donors (Lipinski definition) is 4. The van der Waals surface area contributed by atoms with Gasteiger partial charge >= 0.3 is 7.12 Å². The first kappa shape index (κ1) is 18.6. The van der Waals surface area contributed by atoms with Gasteiger partial charge in [0.05, 0.1) is 17.4 Å². The molecule has 4 N–H and O–H groups in total. The van der Waals surface area contributed by atoms with Crippen molar-refractivity contribution in [1.82, 2.24) is 15.0 Å². The van der Waals surface area contributed by atoms with E-state index >= 15 is 0 Å². The number of fused-ring (bicyclic) bond motifs is 1. The third-order valence-electron chi connectivity index (χ3n) is 5.11. The van der Waals surface area contributed by atoms with Gasteiger partial charge in [0.1, 0.15) is 5.82 Å². The molecule has 0 bridgehead atoms. The van der Waals surface area contributed by atoms with Crippen molar-refractivity contribution in [3.05, 3.63) is 42.7 Å². The van der Waals surface area contributed by atoms with Gasteiger partial charge in [-0.25, -0.2) is 15.0 Å². The molecule has 0 spiro atoms. The van der Waals surface area contributed by atoms with Crippen LogP contribution in [0, 0.1) is 5.92 Å². The van der Waals surface area contributed by atoms with Gasteiger partial charge in [0.25, 0.3) is 0 Å². The average Bonchev–Trinajstić information content (AvgIpc) is 2.74. The SMILES string of the molecule is OCC1CCN(c2ccc(Nc3ncc4ccc(B(O)O)cc4n3)cn2)CC1. The van der Waals surface area contributed by atoms with Crippen LogP contribution in [-0.2, 0) is 0 Å². The monoisotopic (exact) mass is 379 g/mol. The molecule has 1 fully saturated rings. The minimum atomic E-state index is -1.53. The molecule has 4 rings (SSSR count). The number of pyridine rings is 1. The van der Waals surface area contributed by atoms with Crippen molar-refractivity contribution in [3.8, 4) is 0 Å². The zero-order valence-corrected chi connectivity index (χ0v) is 15.4. The highest BCUT2D eigenvalue weighted by atomic mass is 16.4. The maximum atomic E-state index is 9.32. The zero-order chi connectivity index (χ0) is 19.5. The summed E-state index contributed by atoms with van der Waals surface area (Å²) in [6.07, 6.45) is 5.39. The Hall–Kier alpha value is -2.75. The summed E-state index contributed by atoms with van der Waals surface area (Å²) < 4.78 is 0. The second kappa shape index (κ2) is 8.09. The van der Waals surface area contributed by atoms with E-state index in [0.29, 0.717) is 22.8 Å². The Kier molecular flexibility index (Phi) is 5.38. The molecule has 9 heteroatoms. The van der Waals surface area contributed by atoms with Crippen LogP contribution < -0.4 is 15.7 Å². The molecule has 28 heavy (non-hydrogen) atoms. The van der Waals surface area contributed by atoms with Gasteiger partial charge in [0.15, 0.2) is 0 Å². The van der Waals surface area contributed by atoms with Gasteiger partial charge in [-0.05, 0) is 42.4 Å². The van der Waals surface area contributed by atoms with Crippen LogP contribution in [-0.4, -0.2) is 56.9 Å². The molecular formula is C19H22BN5O3. The van der Waals surface area contributed by atoms with Crippen molar-refractivity contribution in [2.24, 2.45) is 5.92 Å². The van der Waals surface area contributed by atoms with E-state index in [4.69, 9.17) is 0 Å². The number of rotatable bonds is 5. The molecule has 2 aromatic heterocycles. The second-order valence-electron chi connectivity index (χ2n) is 7.03. The summed E-state index contributed by atoms with van der Waals surface area (Å²) in [7, 11) is -1.53. The molecule has 0 radical (unpaired) electrons. The van der Waals surface area contributed by atoms with Crippen LogP contribution in [0.3, 0.4) is 0 Å². The highest BCUT2D eigenvalue weighted by molar-refractivity contribution is 6.58. The van der Waals surface area contributed by atoms with Crippen LogP contribution in [0.1, 0.15) is 12.8 Å². The third kappa shape index (κ3) is 4.06. The summed E-state index contributed by atoms with van der Waals surface area (Å²) in [5.41, 5.74) is 1.78. The van der Waals surface area contributed by atoms with Crippen molar-refractivity contribution in [3.63, 3.8) is 0 Å². The molecule has 144 valence electrons. The van der Waals surface area contributed by atoms with Crippen LogP contribution in [0.5, 0.6) is 0 Å². The summed E-state index contributed by atoms with van der Waals surface area (Å²) >= 11 is 0. The second-order valence-corrected chi connectivity index (χ2v) is 7.03. The van der Waals surface area contributed by atoms with Gasteiger partial charge in [0.2, 0.25) is 5.95 Å². The Morgan fingerprint density at radius 3 is 2.57 bits per heavy atom. The van der Waals surface area contributed by atoms with E-state index in [1.807, 2.05) is 12.1 Å². The lowest BCUT2D eigenvalue weighted by atomic mass is 9.80. The molecule has 0 atom stereocenters. The predicted octanol–water partition coefficient (Wildman–Crippen LogP) is 0.657. The number of hydrogen-bond acceptors (Lipinski definition) is 8. The molecule has 3 heterocycles. The molecule has 1 aliphatic heterocycles. The van der Waals surface area contributed by atoms with Gasteiger partial charge in [-0.2, -0.15) is 0 Å². The fourth-order valence-corrected chi connectivity index (χ4v) is 3.38. The van der Waals surface area contributed by atoms with Crippen LogP contribution in [0.4, 0.5) is 17.5 Å². The third-order valence-corrected chi connectivity index (χ3v) is 5.11. The lowest BCUT2D eigenvalue weighted by Crippen LogP contribution is -2.35. The average molecular weight is 379 g/mol. The molecule has 1 aliphatic rings. The Morgan fingerprint density at radius 1 is 1.07 bits per heavy atom. The molecule has 8 nitrogen and oxygen atoms in total. The number of nitrogens with zero attached hydrogens (tertiary/aromatic N) is 4. The van der Waals surface area contributed by atoms with Crippen LogP contribution in [0.15, 0.2) is 42.7 Å². The first-order valence-corrected chi connectivity index (χ1v) is 9.34. The van der Waals surface area contributed by atoms with Crippen molar-refractivity contribution >= 4 is 40.9 Å². The van der Waals surface area contributed by atoms with Crippen molar-refractivity contribution in [2.45, 2.75) is 12.8 Å². The van der Waals surface area contributed by atoms with Gasteiger partial charge in [0, 0.05) is 31.3 Å². The molecule has 1 aromatic carbocycles. The molecule has 1 saturated heterocycles. The smallest absolute Gasteiger partial charge is 0.423 e. The number of aliphatic hydroxyl groups is 1. The largest absolute Gasteiger partial charge is 0.488 e. The first-order valence-electron chi connectivity index (χ1n) is 9.34. The molecule has 0 amide bonds. The number of anilines is 3. The summed E-state index contributed by atoms with van der Waals surface area (Å²) in [6, 6.07) is 8.91. The van der Waals surface area contributed by atoms with E-state index in [1.165, 1.54) is 0 Å². The van der Waals surface area contributed by atoms with Gasteiger partial charge < -0.3 is 25.4 Å². The van der Waals surface area contributed by atoms with E-state index in [1.54, 1.807) is 30.6 Å². The fraction of sp³-hybridized carbons (Fsp3) is 0.316. The number of aromatic nitrogens is 3. The lowest BCUT2D eigenvalue weighted by molar-refractivity contribution is 0.203. The standard InChI is InChI=1S/C19H22BN5O3/c26-12-13-5-7-25(8-6-13)18-4-3-16(11-21-18)23-19-22-10-14-1-2-15(20(27)28)9-17(14)24-19/h1-4,9-11,13,26-28H,5-8,12H2,(H,22,23,24). The Labute approximate surface area is 163 Å². The number of piperidine rings is 1. The molecule has 0 unspecified atom stereocenters. The Balaban J connectivity index is 1.46. The fourth-order valence-electron chi connectivity index (χ4n) is 3.38. The zero-order valence-electron chi connectivity index (χ0n) is 15.4. The first-order chi connectivity index (χ1) is 13.6.